The Morgan fingerprint density at radius 1 is 1.41 bits per heavy atom. The van der Waals surface area contributed by atoms with E-state index in [4.69, 9.17) is 5.73 Å². The van der Waals surface area contributed by atoms with Crippen molar-refractivity contribution in [2.45, 2.75) is 26.1 Å². The number of alkyl halides is 3. The van der Waals surface area contributed by atoms with Gasteiger partial charge in [-0.3, -0.25) is 4.99 Å². The number of halogens is 3. The van der Waals surface area contributed by atoms with Crippen LogP contribution in [0.3, 0.4) is 0 Å². The SMILES string of the molecule is CC(C)N=C(N)Nc1ccc(C(F)(F)F)nc1. The standard InChI is InChI=1S/C10H13F3N4/c1-6(2)16-9(14)17-7-3-4-8(15-5-7)10(11,12)13/h3-6H,1-2H3,(H3,14,16,17). The molecule has 7 heteroatoms. The zero-order chi connectivity index (χ0) is 13.1. The number of nitrogens with one attached hydrogen (secondary N) is 1. The molecule has 0 saturated heterocycles. The molecule has 3 N–H and O–H groups in total. The number of rotatable bonds is 2. The summed E-state index contributed by atoms with van der Waals surface area (Å²) < 4.78 is 36.7. The molecule has 0 saturated carbocycles. The van der Waals surface area contributed by atoms with E-state index in [-0.39, 0.29) is 12.0 Å². The molecule has 0 radical (unpaired) electrons. The van der Waals surface area contributed by atoms with Crippen LogP contribution in [-0.2, 0) is 6.18 Å². The lowest BCUT2D eigenvalue weighted by atomic mass is 10.3. The number of pyridine rings is 1. The van der Waals surface area contributed by atoms with Gasteiger partial charge in [0.05, 0.1) is 11.9 Å². The summed E-state index contributed by atoms with van der Waals surface area (Å²) >= 11 is 0. The molecule has 4 nitrogen and oxygen atoms in total. The van der Waals surface area contributed by atoms with Crippen molar-refractivity contribution in [2.75, 3.05) is 5.32 Å². The second-order valence-electron chi connectivity index (χ2n) is 3.66. The van der Waals surface area contributed by atoms with Crippen molar-refractivity contribution in [1.82, 2.24) is 4.98 Å². The Kier molecular flexibility index (Phi) is 3.93. The third-order valence-electron chi connectivity index (χ3n) is 1.72. The fraction of sp³-hybridized carbons (Fsp3) is 0.400. The maximum atomic E-state index is 12.2. The van der Waals surface area contributed by atoms with Crippen molar-refractivity contribution in [2.24, 2.45) is 10.7 Å². The van der Waals surface area contributed by atoms with Gasteiger partial charge in [-0.15, -0.1) is 0 Å². The van der Waals surface area contributed by atoms with E-state index in [1.54, 1.807) is 0 Å². The van der Waals surface area contributed by atoms with E-state index >= 15 is 0 Å². The summed E-state index contributed by atoms with van der Waals surface area (Å²) in [5.41, 5.74) is 4.94. The number of aromatic nitrogens is 1. The van der Waals surface area contributed by atoms with Crippen LogP contribution in [0.5, 0.6) is 0 Å². The third-order valence-corrected chi connectivity index (χ3v) is 1.72. The van der Waals surface area contributed by atoms with E-state index in [1.807, 2.05) is 13.8 Å². The normalized spacial score (nSPS) is 12.9. The lowest BCUT2D eigenvalue weighted by Gasteiger charge is -2.08. The summed E-state index contributed by atoms with van der Waals surface area (Å²) in [5, 5.41) is 2.65. The van der Waals surface area contributed by atoms with Crippen LogP contribution in [0, 0.1) is 0 Å². The predicted octanol–water partition coefficient (Wildman–Crippen LogP) is 2.24. The van der Waals surface area contributed by atoms with Crippen LogP contribution < -0.4 is 11.1 Å². The first kappa shape index (κ1) is 13.3. The van der Waals surface area contributed by atoms with Crippen LogP contribution in [0.25, 0.3) is 0 Å². The number of anilines is 1. The van der Waals surface area contributed by atoms with Gasteiger partial charge in [0.15, 0.2) is 5.96 Å². The molecule has 0 fully saturated rings. The molecule has 1 rings (SSSR count). The maximum absolute atomic E-state index is 12.2. The minimum Gasteiger partial charge on any atom is -0.370 e. The summed E-state index contributed by atoms with van der Waals surface area (Å²) in [5.74, 6) is 0.140. The van der Waals surface area contributed by atoms with Crippen LogP contribution in [0.1, 0.15) is 19.5 Å². The highest BCUT2D eigenvalue weighted by molar-refractivity contribution is 5.92. The highest BCUT2D eigenvalue weighted by atomic mass is 19.4. The number of guanidine groups is 1. The molecule has 0 aliphatic heterocycles. The fourth-order valence-electron chi connectivity index (χ4n) is 1.09. The zero-order valence-corrected chi connectivity index (χ0v) is 9.42. The first-order chi connectivity index (χ1) is 7.79. The first-order valence-corrected chi connectivity index (χ1v) is 4.92. The predicted molar refractivity (Wildman–Crippen MR) is 59.6 cm³/mol. The summed E-state index contributed by atoms with van der Waals surface area (Å²) in [6, 6.07) is 2.13. The van der Waals surface area contributed by atoms with Crippen LogP contribution in [0.15, 0.2) is 23.3 Å². The summed E-state index contributed by atoms with van der Waals surface area (Å²) in [7, 11) is 0. The van der Waals surface area contributed by atoms with Crippen LogP contribution >= 0.6 is 0 Å². The molecule has 94 valence electrons. The van der Waals surface area contributed by atoms with Gasteiger partial charge in [-0.1, -0.05) is 0 Å². The number of nitrogens with two attached hydrogens (primary N) is 1. The number of hydrogen-bond acceptors (Lipinski definition) is 2. The molecule has 1 aromatic rings. The fourth-order valence-corrected chi connectivity index (χ4v) is 1.09. The van der Waals surface area contributed by atoms with Gasteiger partial charge in [0.1, 0.15) is 5.69 Å². The quantitative estimate of drug-likeness (QED) is 0.621. The second kappa shape index (κ2) is 5.03. The number of hydrogen-bond donors (Lipinski definition) is 2. The summed E-state index contributed by atoms with van der Waals surface area (Å²) in [6.45, 7) is 3.67. The van der Waals surface area contributed by atoms with Gasteiger partial charge in [0, 0.05) is 6.04 Å². The van der Waals surface area contributed by atoms with E-state index in [9.17, 15) is 13.2 Å². The molecule has 0 atom stereocenters. The minimum absolute atomic E-state index is 0.00454. The largest absolute Gasteiger partial charge is 0.433 e. The summed E-state index contributed by atoms with van der Waals surface area (Å²) in [6.07, 6.45) is -3.37. The molecule has 0 aliphatic rings. The topological polar surface area (TPSA) is 63.3 Å². The molecule has 0 aromatic carbocycles. The van der Waals surface area contributed by atoms with E-state index in [1.165, 1.54) is 6.07 Å². The van der Waals surface area contributed by atoms with Gasteiger partial charge >= 0.3 is 6.18 Å². The Morgan fingerprint density at radius 2 is 2.06 bits per heavy atom. The number of nitrogens with zero attached hydrogens (tertiary/aromatic N) is 2. The molecular weight excluding hydrogens is 233 g/mol. The Labute approximate surface area is 96.8 Å². The molecule has 0 unspecified atom stereocenters. The molecule has 1 heterocycles. The van der Waals surface area contributed by atoms with Gasteiger partial charge in [-0.2, -0.15) is 13.2 Å². The number of aliphatic imine (C=N–C) groups is 1. The smallest absolute Gasteiger partial charge is 0.370 e. The lowest BCUT2D eigenvalue weighted by Crippen LogP contribution is -2.24. The van der Waals surface area contributed by atoms with Crippen LogP contribution in [0.2, 0.25) is 0 Å². The molecule has 0 spiro atoms. The molecule has 0 bridgehead atoms. The van der Waals surface area contributed by atoms with Gasteiger partial charge in [-0.05, 0) is 26.0 Å². The first-order valence-electron chi connectivity index (χ1n) is 4.92. The van der Waals surface area contributed by atoms with Crippen LogP contribution in [-0.4, -0.2) is 17.0 Å². The third kappa shape index (κ3) is 4.29. The van der Waals surface area contributed by atoms with Gasteiger partial charge in [0.25, 0.3) is 0 Å². The van der Waals surface area contributed by atoms with Crippen LogP contribution in [0.4, 0.5) is 18.9 Å². The monoisotopic (exact) mass is 246 g/mol. The minimum atomic E-state index is -4.43. The van der Waals surface area contributed by atoms with E-state index in [0.29, 0.717) is 5.69 Å². The average Bonchev–Trinajstić information content (AvgIpc) is 2.15. The average molecular weight is 246 g/mol. The molecule has 1 aromatic heterocycles. The summed E-state index contributed by atoms with van der Waals surface area (Å²) in [4.78, 5) is 7.26. The highest BCUT2D eigenvalue weighted by Gasteiger charge is 2.31. The Bertz CT molecular complexity index is 395. The van der Waals surface area contributed by atoms with Gasteiger partial charge in [0.2, 0.25) is 0 Å². The Morgan fingerprint density at radius 3 is 2.47 bits per heavy atom. The van der Waals surface area contributed by atoms with E-state index in [2.05, 4.69) is 15.3 Å². The van der Waals surface area contributed by atoms with Crippen molar-refractivity contribution in [1.29, 1.82) is 0 Å². The second-order valence-corrected chi connectivity index (χ2v) is 3.66. The molecule has 0 amide bonds. The molecular formula is C10H13F3N4. The van der Waals surface area contributed by atoms with Crippen molar-refractivity contribution >= 4 is 11.6 Å². The highest BCUT2D eigenvalue weighted by Crippen LogP contribution is 2.27. The molecule has 17 heavy (non-hydrogen) atoms. The Balaban J connectivity index is 2.76. The maximum Gasteiger partial charge on any atom is 0.433 e. The molecule has 0 aliphatic carbocycles. The zero-order valence-electron chi connectivity index (χ0n) is 9.42. The lowest BCUT2D eigenvalue weighted by molar-refractivity contribution is -0.141. The van der Waals surface area contributed by atoms with Crippen molar-refractivity contribution in [3.05, 3.63) is 24.0 Å². The van der Waals surface area contributed by atoms with Crippen molar-refractivity contribution in [3.8, 4) is 0 Å². The Hall–Kier alpha value is -1.79. The van der Waals surface area contributed by atoms with E-state index in [0.717, 1.165) is 12.3 Å². The van der Waals surface area contributed by atoms with Gasteiger partial charge in [-0.25, -0.2) is 4.98 Å². The van der Waals surface area contributed by atoms with Gasteiger partial charge < -0.3 is 11.1 Å². The van der Waals surface area contributed by atoms with E-state index < -0.39 is 11.9 Å². The van der Waals surface area contributed by atoms with Crippen molar-refractivity contribution in [3.63, 3.8) is 0 Å². The van der Waals surface area contributed by atoms with Crippen molar-refractivity contribution < 1.29 is 13.2 Å².